The van der Waals surface area contributed by atoms with Crippen molar-refractivity contribution >= 4 is 29.1 Å². The van der Waals surface area contributed by atoms with E-state index >= 15 is 0 Å². The van der Waals surface area contributed by atoms with Gasteiger partial charge in [-0.2, -0.15) is 0 Å². The lowest BCUT2D eigenvalue weighted by Gasteiger charge is -2.20. The third-order valence-electron chi connectivity index (χ3n) is 2.87. The maximum atomic E-state index is 11.7. The van der Waals surface area contributed by atoms with Gasteiger partial charge in [0.1, 0.15) is 0 Å². The van der Waals surface area contributed by atoms with E-state index in [0.717, 1.165) is 16.3 Å². The van der Waals surface area contributed by atoms with Gasteiger partial charge in [-0.05, 0) is 37.3 Å². The molecule has 4 heteroatoms. The van der Waals surface area contributed by atoms with Crippen LogP contribution in [-0.2, 0) is 4.74 Å². The highest BCUT2D eigenvalue weighted by molar-refractivity contribution is 7.99. The normalized spacial score (nSPS) is 12.1. The largest absolute Gasteiger partial charge is 0.462 e. The van der Waals surface area contributed by atoms with Gasteiger partial charge in [0.05, 0.1) is 23.5 Å². The summed E-state index contributed by atoms with van der Waals surface area (Å²) in [6, 6.07) is 13.7. The molecule has 0 bridgehead atoms. The van der Waals surface area contributed by atoms with Gasteiger partial charge >= 0.3 is 5.97 Å². The average Bonchev–Trinajstić information content (AvgIpc) is 2.44. The van der Waals surface area contributed by atoms with E-state index in [1.807, 2.05) is 30.3 Å². The van der Waals surface area contributed by atoms with E-state index in [-0.39, 0.29) is 5.97 Å². The van der Waals surface area contributed by atoms with Crippen LogP contribution in [0.25, 0.3) is 0 Å². The van der Waals surface area contributed by atoms with E-state index in [9.17, 15) is 4.79 Å². The highest BCUT2D eigenvalue weighted by Gasteiger charge is 2.17. The first-order valence-electron chi connectivity index (χ1n) is 6.13. The van der Waals surface area contributed by atoms with E-state index in [2.05, 4.69) is 11.4 Å². The SMILES string of the molecule is CCOC(=O)c1ccc2c(c1)Nc1ccccc1S2. The fraction of sp³-hybridized carbons (Fsp3) is 0.133. The van der Waals surface area contributed by atoms with Crippen LogP contribution in [0, 0.1) is 0 Å². The fourth-order valence-corrected chi connectivity index (χ4v) is 2.95. The Bertz CT molecular complexity index is 640. The molecule has 0 saturated heterocycles. The molecule has 1 heterocycles. The van der Waals surface area contributed by atoms with Crippen LogP contribution in [-0.4, -0.2) is 12.6 Å². The molecule has 1 aliphatic rings. The Morgan fingerprint density at radius 3 is 2.79 bits per heavy atom. The molecule has 3 rings (SSSR count). The minimum absolute atomic E-state index is 0.282. The summed E-state index contributed by atoms with van der Waals surface area (Å²) >= 11 is 1.70. The van der Waals surface area contributed by atoms with Gasteiger partial charge in [-0.3, -0.25) is 0 Å². The van der Waals surface area contributed by atoms with E-state index in [0.29, 0.717) is 12.2 Å². The van der Waals surface area contributed by atoms with Gasteiger partial charge in [0.25, 0.3) is 0 Å². The summed E-state index contributed by atoms with van der Waals surface area (Å²) in [4.78, 5) is 14.0. The highest BCUT2D eigenvalue weighted by atomic mass is 32.2. The molecular formula is C15H13NO2S. The number of rotatable bonds is 2. The molecule has 96 valence electrons. The van der Waals surface area contributed by atoms with E-state index in [1.165, 1.54) is 4.90 Å². The van der Waals surface area contributed by atoms with Gasteiger partial charge in [0.15, 0.2) is 0 Å². The van der Waals surface area contributed by atoms with Crippen molar-refractivity contribution in [2.24, 2.45) is 0 Å². The summed E-state index contributed by atoms with van der Waals surface area (Å²) in [6.45, 7) is 2.20. The maximum Gasteiger partial charge on any atom is 0.338 e. The third-order valence-corrected chi connectivity index (χ3v) is 4.02. The zero-order valence-electron chi connectivity index (χ0n) is 10.5. The molecule has 2 aromatic carbocycles. The zero-order chi connectivity index (χ0) is 13.2. The summed E-state index contributed by atoms with van der Waals surface area (Å²) in [7, 11) is 0. The molecule has 0 unspecified atom stereocenters. The first-order valence-corrected chi connectivity index (χ1v) is 6.94. The molecule has 0 spiro atoms. The fourth-order valence-electron chi connectivity index (χ4n) is 1.98. The van der Waals surface area contributed by atoms with Gasteiger partial charge in [-0.15, -0.1) is 0 Å². The van der Waals surface area contributed by atoms with E-state index < -0.39 is 0 Å². The molecule has 3 nitrogen and oxygen atoms in total. The Labute approximate surface area is 116 Å². The Hall–Kier alpha value is -1.94. The number of ether oxygens (including phenoxy) is 1. The highest BCUT2D eigenvalue weighted by Crippen LogP contribution is 2.44. The van der Waals surface area contributed by atoms with Crippen molar-refractivity contribution < 1.29 is 9.53 Å². The molecule has 19 heavy (non-hydrogen) atoms. The Kier molecular flexibility index (Phi) is 3.17. The molecule has 0 saturated carbocycles. The van der Waals surface area contributed by atoms with Crippen LogP contribution in [0.4, 0.5) is 11.4 Å². The monoisotopic (exact) mass is 271 g/mol. The topological polar surface area (TPSA) is 38.3 Å². The number of esters is 1. The van der Waals surface area contributed by atoms with E-state index in [1.54, 1.807) is 24.8 Å². The molecule has 0 amide bonds. The Morgan fingerprint density at radius 1 is 1.16 bits per heavy atom. The molecule has 0 aliphatic carbocycles. The van der Waals surface area contributed by atoms with Crippen molar-refractivity contribution in [3.8, 4) is 0 Å². The first kappa shape index (κ1) is 12.1. The number of nitrogens with one attached hydrogen (secondary N) is 1. The predicted octanol–water partition coefficient (Wildman–Crippen LogP) is 4.07. The first-order chi connectivity index (χ1) is 9.28. The van der Waals surface area contributed by atoms with Crippen molar-refractivity contribution in [2.75, 3.05) is 11.9 Å². The lowest BCUT2D eigenvalue weighted by atomic mass is 10.2. The van der Waals surface area contributed by atoms with Crippen LogP contribution < -0.4 is 5.32 Å². The number of benzene rings is 2. The van der Waals surface area contributed by atoms with Crippen molar-refractivity contribution in [2.45, 2.75) is 16.7 Å². The number of carbonyl (C=O) groups is 1. The predicted molar refractivity (Wildman–Crippen MR) is 76.2 cm³/mol. The molecule has 1 aliphatic heterocycles. The van der Waals surface area contributed by atoms with E-state index in [4.69, 9.17) is 4.74 Å². The van der Waals surface area contributed by atoms with Crippen molar-refractivity contribution in [3.05, 3.63) is 48.0 Å². The van der Waals surface area contributed by atoms with Crippen molar-refractivity contribution in [1.29, 1.82) is 0 Å². The lowest BCUT2D eigenvalue weighted by molar-refractivity contribution is 0.0526. The number of hydrogen-bond acceptors (Lipinski definition) is 4. The summed E-state index contributed by atoms with van der Waals surface area (Å²) < 4.78 is 5.01. The zero-order valence-corrected chi connectivity index (χ0v) is 11.3. The smallest absolute Gasteiger partial charge is 0.338 e. The van der Waals surface area contributed by atoms with Crippen LogP contribution in [0.1, 0.15) is 17.3 Å². The maximum absolute atomic E-state index is 11.7. The van der Waals surface area contributed by atoms with Crippen LogP contribution in [0.15, 0.2) is 52.3 Å². The molecule has 0 fully saturated rings. The summed E-state index contributed by atoms with van der Waals surface area (Å²) in [5, 5.41) is 3.35. The van der Waals surface area contributed by atoms with Gasteiger partial charge in [0, 0.05) is 9.79 Å². The minimum Gasteiger partial charge on any atom is -0.462 e. The van der Waals surface area contributed by atoms with Crippen LogP contribution in [0.3, 0.4) is 0 Å². The minimum atomic E-state index is -0.282. The second kappa shape index (κ2) is 4.97. The number of hydrogen-bond donors (Lipinski definition) is 1. The van der Waals surface area contributed by atoms with Crippen molar-refractivity contribution in [3.63, 3.8) is 0 Å². The van der Waals surface area contributed by atoms with Gasteiger partial charge < -0.3 is 10.1 Å². The summed E-state index contributed by atoms with van der Waals surface area (Å²) in [6.07, 6.45) is 0. The second-order valence-electron chi connectivity index (χ2n) is 4.15. The van der Waals surface area contributed by atoms with Crippen LogP contribution in [0.5, 0.6) is 0 Å². The average molecular weight is 271 g/mol. The van der Waals surface area contributed by atoms with Gasteiger partial charge in [-0.25, -0.2) is 4.79 Å². The Balaban J connectivity index is 1.94. The molecule has 2 aromatic rings. The van der Waals surface area contributed by atoms with Gasteiger partial charge in [0.2, 0.25) is 0 Å². The van der Waals surface area contributed by atoms with Crippen LogP contribution in [0.2, 0.25) is 0 Å². The van der Waals surface area contributed by atoms with Gasteiger partial charge in [-0.1, -0.05) is 23.9 Å². The summed E-state index contributed by atoms with van der Waals surface area (Å²) in [5.41, 5.74) is 2.60. The number of para-hydroxylation sites is 1. The molecule has 0 radical (unpaired) electrons. The molecule has 1 N–H and O–H groups in total. The Morgan fingerprint density at radius 2 is 1.95 bits per heavy atom. The lowest BCUT2D eigenvalue weighted by Crippen LogP contribution is -2.06. The number of fused-ring (bicyclic) bond motifs is 2. The molecular weight excluding hydrogens is 258 g/mol. The quantitative estimate of drug-likeness (QED) is 0.713. The summed E-state index contributed by atoms with van der Waals surface area (Å²) in [5.74, 6) is -0.282. The number of anilines is 2. The molecule has 0 aromatic heterocycles. The standard InChI is InChI=1S/C15H13NO2S/c1-2-18-15(17)10-7-8-14-12(9-10)16-11-5-3-4-6-13(11)19-14/h3-9,16H,2H2,1H3. The molecule has 0 atom stereocenters. The van der Waals surface area contributed by atoms with Crippen molar-refractivity contribution in [1.82, 2.24) is 0 Å². The number of carbonyl (C=O) groups excluding carboxylic acids is 1. The second-order valence-corrected chi connectivity index (χ2v) is 5.24. The van der Waals surface area contributed by atoms with Crippen LogP contribution >= 0.6 is 11.8 Å². The third kappa shape index (κ3) is 2.31.